The molecule has 0 aromatic carbocycles. The van der Waals surface area contributed by atoms with Gasteiger partial charge in [-0.15, -0.1) is 0 Å². The van der Waals surface area contributed by atoms with Gasteiger partial charge in [0.15, 0.2) is 6.10 Å². The van der Waals surface area contributed by atoms with Gasteiger partial charge in [-0.25, -0.2) is 4.79 Å². The first-order valence-electron chi connectivity index (χ1n) is 4.23. The lowest BCUT2D eigenvalue weighted by molar-refractivity contribution is -0.162. The number of rotatable bonds is 2. The van der Waals surface area contributed by atoms with Crippen molar-refractivity contribution < 1.29 is 19.4 Å². The summed E-state index contributed by atoms with van der Waals surface area (Å²) in [5, 5.41) is 9.41. The highest BCUT2D eigenvalue weighted by molar-refractivity contribution is 5.87. The van der Waals surface area contributed by atoms with E-state index in [9.17, 15) is 9.90 Å². The molecule has 1 saturated heterocycles. The molecule has 1 aliphatic heterocycles. The second-order valence-electron chi connectivity index (χ2n) is 3.16. The minimum atomic E-state index is -0.614. The van der Waals surface area contributed by atoms with Gasteiger partial charge >= 0.3 is 5.97 Å². The van der Waals surface area contributed by atoms with Crippen LogP contribution in [0, 0.1) is 0 Å². The number of carbonyl (C=O) groups is 1. The number of hydrogen-bond donors (Lipinski definition) is 1. The maximum atomic E-state index is 11.1. The largest absolute Gasteiger partial charge is 0.454 e. The van der Waals surface area contributed by atoms with Crippen LogP contribution in [0.2, 0.25) is 0 Å². The Bertz CT molecular complexity index is 212. The van der Waals surface area contributed by atoms with Gasteiger partial charge in [0, 0.05) is 18.6 Å². The van der Waals surface area contributed by atoms with E-state index >= 15 is 0 Å². The molecule has 0 radical (unpaired) electrons. The fraction of sp³-hybridized carbons (Fsp3) is 0.667. The average molecular weight is 186 g/mol. The molecule has 0 aromatic heterocycles. The molecule has 0 aromatic rings. The van der Waals surface area contributed by atoms with E-state index in [0.717, 1.165) is 0 Å². The molecule has 13 heavy (non-hydrogen) atoms. The molecule has 1 heterocycles. The van der Waals surface area contributed by atoms with Crippen molar-refractivity contribution >= 4 is 5.97 Å². The summed E-state index contributed by atoms with van der Waals surface area (Å²) in [6.45, 7) is 5.80. The van der Waals surface area contributed by atoms with Gasteiger partial charge in [-0.05, 0) is 6.92 Å². The van der Waals surface area contributed by atoms with Crippen LogP contribution < -0.4 is 0 Å². The Kier molecular flexibility index (Phi) is 3.45. The van der Waals surface area contributed by atoms with E-state index in [2.05, 4.69) is 6.58 Å². The molecule has 74 valence electrons. The van der Waals surface area contributed by atoms with Gasteiger partial charge in [-0.3, -0.25) is 0 Å². The van der Waals surface area contributed by atoms with E-state index in [1.807, 2.05) is 0 Å². The molecule has 2 atom stereocenters. The van der Waals surface area contributed by atoms with Gasteiger partial charge in [-0.2, -0.15) is 0 Å². The molecule has 4 heteroatoms. The maximum Gasteiger partial charge on any atom is 0.333 e. The van der Waals surface area contributed by atoms with Crippen LogP contribution in [0.3, 0.4) is 0 Å². The van der Waals surface area contributed by atoms with Crippen LogP contribution in [-0.2, 0) is 14.3 Å². The van der Waals surface area contributed by atoms with Crippen LogP contribution >= 0.6 is 0 Å². The number of esters is 1. The molecule has 0 spiro atoms. The summed E-state index contributed by atoms with van der Waals surface area (Å²) in [5.41, 5.74) is 0.331. The second-order valence-corrected chi connectivity index (χ2v) is 3.16. The van der Waals surface area contributed by atoms with Crippen LogP contribution in [0.25, 0.3) is 0 Å². The number of aliphatic hydroxyl groups is 1. The molecule has 2 unspecified atom stereocenters. The van der Waals surface area contributed by atoms with Crippen molar-refractivity contribution in [1.82, 2.24) is 0 Å². The third-order valence-electron chi connectivity index (χ3n) is 1.88. The third-order valence-corrected chi connectivity index (χ3v) is 1.88. The van der Waals surface area contributed by atoms with Gasteiger partial charge in [0.25, 0.3) is 0 Å². The first-order chi connectivity index (χ1) is 6.11. The van der Waals surface area contributed by atoms with E-state index < -0.39 is 18.2 Å². The van der Waals surface area contributed by atoms with Gasteiger partial charge < -0.3 is 14.6 Å². The van der Waals surface area contributed by atoms with Gasteiger partial charge in [0.05, 0.1) is 12.7 Å². The second kappa shape index (κ2) is 4.39. The number of carbonyl (C=O) groups excluding carboxylic acids is 1. The van der Waals surface area contributed by atoms with E-state index in [1.54, 1.807) is 6.92 Å². The Morgan fingerprint density at radius 1 is 1.69 bits per heavy atom. The van der Waals surface area contributed by atoms with Crippen LogP contribution in [0.5, 0.6) is 0 Å². The summed E-state index contributed by atoms with van der Waals surface area (Å²) >= 11 is 0. The zero-order valence-corrected chi connectivity index (χ0v) is 7.66. The summed E-state index contributed by atoms with van der Waals surface area (Å²) in [7, 11) is 0. The van der Waals surface area contributed by atoms with Crippen LogP contribution in [0.15, 0.2) is 12.2 Å². The Morgan fingerprint density at radius 2 is 2.38 bits per heavy atom. The molecule has 0 amide bonds. The van der Waals surface area contributed by atoms with Crippen molar-refractivity contribution in [3.8, 4) is 0 Å². The molecule has 4 nitrogen and oxygen atoms in total. The maximum absolute atomic E-state index is 11.1. The Balaban J connectivity index is 2.42. The van der Waals surface area contributed by atoms with Crippen molar-refractivity contribution in [3.05, 3.63) is 12.2 Å². The Morgan fingerprint density at radius 3 is 2.92 bits per heavy atom. The minimum absolute atomic E-state index is 0.264. The molecule has 0 bridgehead atoms. The fourth-order valence-corrected chi connectivity index (χ4v) is 1.05. The normalized spacial score (nSPS) is 28.2. The molecule has 1 fully saturated rings. The van der Waals surface area contributed by atoms with Crippen LogP contribution in [-0.4, -0.2) is 36.5 Å². The van der Waals surface area contributed by atoms with E-state index in [1.165, 1.54) is 0 Å². The van der Waals surface area contributed by atoms with Gasteiger partial charge in [-0.1, -0.05) is 6.58 Å². The highest BCUT2D eigenvalue weighted by Crippen LogP contribution is 2.12. The summed E-state index contributed by atoms with van der Waals surface area (Å²) < 4.78 is 10.0. The fourth-order valence-electron chi connectivity index (χ4n) is 1.05. The third kappa shape index (κ3) is 2.82. The van der Waals surface area contributed by atoms with E-state index in [4.69, 9.17) is 9.47 Å². The Hall–Kier alpha value is -0.870. The van der Waals surface area contributed by atoms with Gasteiger partial charge in [0.2, 0.25) is 0 Å². The molecular weight excluding hydrogens is 172 g/mol. The van der Waals surface area contributed by atoms with E-state index in [0.29, 0.717) is 18.6 Å². The number of hydrogen-bond acceptors (Lipinski definition) is 4. The van der Waals surface area contributed by atoms with E-state index in [-0.39, 0.29) is 6.61 Å². The van der Waals surface area contributed by atoms with Crippen molar-refractivity contribution in [2.24, 2.45) is 0 Å². The van der Waals surface area contributed by atoms with Crippen molar-refractivity contribution in [2.75, 3.05) is 13.2 Å². The first-order valence-corrected chi connectivity index (χ1v) is 4.23. The van der Waals surface area contributed by atoms with Crippen LogP contribution in [0.4, 0.5) is 0 Å². The zero-order chi connectivity index (χ0) is 9.84. The number of ether oxygens (including phenoxy) is 2. The lowest BCUT2D eigenvalue weighted by Gasteiger charge is -2.27. The van der Waals surface area contributed by atoms with Crippen molar-refractivity contribution in [3.63, 3.8) is 0 Å². The summed E-state index contributed by atoms with van der Waals surface area (Å²) in [6.07, 6.45) is -0.649. The molecule has 1 aliphatic rings. The summed E-state index contributed by atoms with van der Waals surface area (Å²) in [5.74, 6) is -0.477. The standard InChI is InChI=1S/C9H14O4/c1-6(2)9(11)13-8-5-12-4-3-7(8)10/h7-8,10H,1,3-5H2,2H3. The first kappa shape index (κ1) is 10.2. The van der Waals surface area contributed by atoms with Crippen LogP contribution in [0.1, 0.15) is 13.3 Å². The molecule has 0 aliphatic carbocycles. The SMILES string of the molecule is C=C(C)C(=O)OC1COCCC1O. The van der Waals surface area contributed by atoms with Crippen molar-refractivity contribution in [1.29, 1.82) is 0 Å². The summed E-state index contributed by atoms with van der Waals surface area (Å²) in [4.78, 5) is 11.1. The molecular formula is C9H14O4. The monoisotopic (exact) mass is 186 g/mol. The van der Waals surface area contributed by atoms with Crippen molar-refractivity contribution in [2.45, 2.75) is 25.6 Å². The lowest BCUT2D eigenvalue weighted by atomic mass is 10.1. The average Bonchev–Trinajstić information content (AvgIpc) is 2.08. The quantitative estimate of drug-likeness (QED) is 0.496. The smallest absolute Gasteiger partial charge is 0.333 e. The van der Waals surface area contributed by atoms with Gasteiger partial charge in [0.1, 0.15) is 0 Å². The molecule has 1 rings (SSSR count). The number of aliphatic hydroxyl groups excluding tert-OH is 1. The minimum Gasteiger partial charge on any atom is -0.454 e. The zero-order valence-electron chi connectivity index (χ0n) is 7.66. The topological polar surface area (TPSA) is 55.8 Å². The molecule has 1 N–H and O–H groups in total. The lowest BCUT2D eigenvalue weighted by Crippen LogP contribution is -2.40. The molecule has 0 saturated carbocycles. The highest BCUT2D eigenvalue weighted by atomic mass is 16.6. The Labute approximate surface area is 77.1 Å². The predicted octanol–water partition coefficient (Wildman–Crippen LogP) is 0.255. The predicted molar refractivity (Wildman–Crippen MR) is 46.1 cm³/mol. The highest BCUT2D eigenvalue weighted by Gasteiger charge is 2.27. The summed E-state index contributed by atoms with van der Waals surface area (Å²) in [6, 6.07) is 0.